The number of esters is 1. The van der Waals surface area contributed by atoms with Gasteiger partial charge in [0.25, 0.3) is 0 Å². The normalized spacial score (nSPS) is 36.4. The van der Waals surface area contributed by atoms with Crippen molar-refractivity contribution < 1.29 is 9.53 Å². The van der Waals surface area contributed by atoms with Crippen LogP contribution in [0.25, 0.3) is 0 Å². The fourth-order valence-corrected chi connectivity index (χ4v) is 2.53. The molecule has 2 aliphatic rings. The molecule has 1 aliphatic heterocycles. The Hall–Kier alpha value is -1.31. The van der Waals surface area contributed by atoms with E-state index in [2.05, 4.69) is 32.6 Å². The van der Waals surface area contributed by atoms with E-state index >= 15 is 0 Å². The van der Waals surface area contributed by atoms with Gasteiger partial charge in [0.05, 0.1) is 0 Å². The zero-order valence-electron chi connectivity index (χ0n) is 10.7. The quantitative estimate of drug-likeness (QED) is 0.363. The van der Waals surface area contributed by atoms with Gasteiger partial charge in [-0.05, 0) is 33.1 Å². The summed E-state index contributed by atoms with van der Waals surface area (Å²) in [5.41, 5.74) is 3.35. The summed E-state index contributed by atoms with van der Waals surface area (Å²) in [6, 6.07) is 0. The fraction of sp³-hybridized carbons (Fsp3) is 0.533. The molecule has 0 radical (unpaired) electrons. The molecule has 2 atom stereocenters. The molecule has 0 amide bonds. The lowest BCUT2D eigenvalue weighted by molar-refractivity contribution is -0.139. The zero-order chi connectivity index (χ0) is 12.4. The molecule has 0 N–H and O–H groups in total. The highest BCUT2D eigenvalue weighted by Gasteiger charge is 2.37. The van der Waals surface area contributed by atoms with Gasteiger partial charge in [-0.2, -0.15) is 0 Å². The van der Waals surface area contributed by atoms with E-state index in [9.17, 15) is 4.79 Å². The number of fused-ring (bicyclic) bond motifs is 1. The summed E-state index contributed by atoms with van der Waals surface area (Å²) in [7, 11) is 0. The molecule has 17 heavy (non-hydrogen) atoms. The van der Waals surface area contributed by atoms with E-state index in [0.717, 1.165) is 25.7 Å². The molecule has 0 aromatic carbocycles. The number of carbonyl (C=O) groups excluding carboxylic acids is 1. The van der Waals surface area contributed by atoms with Crippen molar-refractivity contribution in [1.29, 1.82) is 0 Å². The molecule has 2 heteroatoms. The molecule has 92 valence electrons. The molecule has 1 heterocycles. The Morgan fingerprint density at radius 1 is 1.29 bits per heavy atom. The molecule has 0 spiro atoms. The van der Waals surface area contributed by atoms with Crippen LogP contribution in [0.15, 0.2) is 35.5 Å². The van der Waals surface area contributed by atoms with Crippen molar-refractivity contribution in [3.63, 3.8) is 0 Å². The minimum atomic E-state index is -0.210. The maximum Gasteiger partial charge on any atom is 0.334 e. The standard InChI is InChI=1S/C15H20O2/c1-10-5-4-6-11(2)9-14-13(8-7-10)12(3)15(16)17-14/h6-7,13-14H,3-5,8-9H2,1-2H3/b10-7-,11-6-/t13-,14-/m1/s1. The Kier molecular flexibility index (Phi) is 3.51. The third-order valence-corrected chi connectivity index (χ3v) is 3.69. The topological polar surface area (TPSA) is 26.3 Å². The van der Waals surface area contributed by atoms with Crippen molar-refractivity contribution in [1.82, 2.24) is 0 Å². The zero-order valence-corrected chi connectivity index (χ0v) is 10.7. The molecular formula is C15H20O2. The molecule has 2 nitrogen and oxygen atoms in total. The first-order valence-corrected chi connectivity index (χ1v) is 6.29. The number of ether oxygens (including phenoxy) is 1. The number of carbonyl (C=O) groups is 1. The SMILES string of the molecule is C=C1C(=O)O[C@@H]2C/C(C)=C\CC/C(C)=C\C[C@H]12. The summed E-state index contributed by atoms with van der Waals surface area (Å²) >= 11 is 0. The Bertz CT molecular complexity index is 401. The van der Waals surface area contributed by atoms with Gasteiger partial charge in [-0.3, -0.25) is 0 Å². The second-order valence-electron chi connectivity index (χ2n) is 5.15. The minimum absolute atomic E-state index is 0.00611. The van der Waals surface area contributed by atoms with E-state index in [4.69, 9.17) is 4.74 Å². The van der Waals surface area contributed by atoms with Gasteiger partial charge in [-0.15, -0.1) is 0 Å². The Balaban J connectivity index is 2.23. The van der Waals surface area contributed by atoms with Gasteiger partial charge in [0, 0.05) is 17.9 Å². The molecule has 1 fully saturated rings. The Morgan fingerprint density at radius 3 is 2.82 bits per heavy atom. The molecular weight excluding hydrogens is 212 g/mol. The molecule has 0 saturated carbocycles. The van der Waals surface area contributed by atoms with Crippen molar-refractivity contribution in [2.75, 3.05) is 0 Å². The van der Waals surface area contributed by atoms with Crippen LogP contribution in [0.5, 0.6) is 0 Å². The van der Waals surface area contributed by atoms with E-state index in [-0.39, 0.29) is 18.0 Å². The molecule has 1 aliphatic carbocycles. The van der Waals surface area contributed by atoms with Crippen molar-refractivity contribution in [3.8, 4) is 0 Å². The molecule has 0 unspecified atom stereocenters. The van der Waals surface area contributed by atoms with Crippen LogP contribution in [0, 0.1) is 5.92 Å². The summed E-state index contributed by atoms with van der Waals surface area (Å²) in [6.45, 7) is 8.14. The van der Waals surface area contributed by atoms with Crippen LogP contribution in [0.1, 0.15) is 39.5 Å². The summed E-state index contributed by atoms with van der Waals surface area (Å²) in [4.78, 5) is 11.6. The molecule has 0 aromatic heterocycles. The monoisotopic (exact) mass is 232 g/mol. The van der Waals surface area contributed by atoms with Crippen molar-refractivity contribution >= 4 is 5.97 Å². The first-order chi connectivity index (χ1) is 8.08. The van der Waals surface area contributed by atoms with E-state index in [1.165, 1.54) is 11.1 Å². The number of hydrogen-bond acceptors (Lipinski definition) is 2. The van der Waals surface area contributed by atoms with E-state index in [1.54, 1.807) is 0 Å². The number of allylic oxidation sites excluding steroid dienone is 3. The lowest BCUT2D eigenvalue weighted by atomic mass is 9.88. The lowest BCUT2D eigenvalue weighted by Gasteiger charge is -2.18. The highest BCUT2D eigenvalue weighted by molar-refractivity contribution is 5.90. The molecule has 1 saturated heterocycles. The van der Waals surface area contributed by atoms with Crippen LogP contribution < -0.4 is 0 Å². The summed E-state index contributed by atoms with van der Waals surface area (Å²) in [5.74, 6) is -0.0444. The van der Waals surface area contributed by atoms with Crippen LogP contribution in [0.3, 0.4) is 0 Å². The van der Waals surface area contributed by atoms with Crippen LogP contribution in [0.2, 0.25) is 0 Å². The average molecular weight is 232 g/mol. The predicted molar refractivity (Wildman–Crippen MR) is 68.5 cm³/mol. The van der Waals surface area contributed by atoms with Gasteiger partial charge in [-0.25, -0.2) is 4.79 Å². The van der Waals surface area contributed by atoms with Crippen molar-refractivity contribution in [2.24, 2.45) is 5.92 Å². The second kappa shape index (κ2) is 4.91. The third-order valence-electron chi connectivity index (χ3n) is 3.69. The molecule has 0 aromatic rings. The molecule has 2 rings (SSSR count). The number of rotatable bonds is 0. The van der Waals surface area contributed by atoms with E-state index in [1.807, 2.05) is 0 Å². The highest BCUT2D eigenvalue weighted by atomic mass is 16.6. The maximum absolute atomic E-state index is 11.6. The average Bonchev–Trinajstić information content (AvgIpc) is 2.52. The van der Waals surface area contributed by atoms with E-state index in [0.29, 0.717) is 5.57 Å². The maximum atomic E-state index is 11.6. The summed E-state index contributed by atoms with van der Waals surface area (Å²) in [6.07, 6.45) is 8.41. The van der Waals surface area contributed by atoms with Crippen LogP contribution >= 0.6 is 0 Å². The largest absolute Gasteiger partial charge is 0.458 e. The highest BCUT2D eigenvalue weighted by Crippen LogP contribution is 2.34. The fourth-order valence-electron chi connectivity index (χ4n) is 2.53. The summed E-state index contributed by atoms with van der Waals surface area (Å²) < 4.78 is 5.41. The van der Waals surface area contributed by atoms with Crippen LogP contribution in [-0.2, 0) is 9.53 Å². The van der Waals surface area contributed by atoms with Gasteiger partial charge in [0.1, 0.15) is 6.10 Å². The van der Waals surface area contributed by atoms with Crippen molar-refractivity contribution in [3.05, 3.63) is 35.5 Å². The molecule has 0 bridgehead atoms. The van der Waals surface area contributed by atoms with Gasteiger partial charge in [0.15, 0.2) is 0 Å². The summed E-state index contributed by atoms with van der Waals surface area (Å²) in [5, 5.41) is 0. The Morgan fingerprint density at radius 2 is 2.06 bits per heavy atom. The predicted octanol–water partition coefficient (Wildman–Crippen LogP) is 3.55. The van der Waals surface area contributed by atoms with Gasteiger partial charge < -0.3 is 4.74 Å². The first kappa shape index (κ1) is 12.2. The van der Waals surface area contributed by atoms with Gasteiger partial charge in [0.2, 0.25) is 0 Å². The van der Waals surface area contributed by atoms with Gasteiger partial charge >= 0.3 is 5.97 Å². The number of hydrogen-bond donors (Lipinski definition) is 0. The first-order valence-electron chi connectivity index (χ1n) is 6.29. The lowest BCUT2D eigenvalue weighted by Crippen LogP contribution is -2.17. The van der Waals surface area contributed by atoms with Crippen LogP contribution in [0.4, 0.5) is 0 Å². The van der Waals surface area contributed by atoms with Crippen molar-refractivity contribution in [2.45, 2.75) is 45.6 Å². The third kappa shape index (κ3) is 2.68. The minimum Gasteiger partial charge on any atom is -0.458 e. The Labute approximate surface area is 103 Å². The van der Waals surface area contributed by atoms with E-state index < -0.39 is 0 Å². The van der Waals surface area contributed by atoms with Crippen LogP contribution in [-0.4, -0.2) is 12.1 Å². The van der Waals surface area contributed by atoms with Gasteiger partial charge in [-0.1, -0.05) is 29.9 Å². The second-order valence-corrected chi connectivity index (χ2v) is 5.15. The smallest absolute Gasteiger partial charge is 0.334 e.